The van der Waals surface area contributed by atoms with Gasteiger partial charge in [-0.3, -0.25) is 4.79 Å². The van der Waals surface area contributed by atoms with Crippen LogP contribution < -0.4 is 10.0 Å². The first-order valence-corrected chi connectivity index (χ1v) is 8.71. The van der Waals surface area contributed by atoms with E-state index in [-0.39, 0.29) is 4.90 Å². The van der Waals surface area contributed by atoms with Crippen molar-refractivity contribution in [3.8, 4) is 0 Å². The molecule has 0 heterocycles. The molecule has 3 N–H and O–H groups in total. The zero-order chi connectivity index (χ0) is 18.4. The first-order valence-electron chi connectivity index (χ1n) is 7.23. The Hall–Kier alpha value is -2.36. The Morgan fingerprint density at radius 3 is 2.32 bits per heavy atom. The minimum absolute atomic E-state index is 0.316. The summed E-state index contributed by atoms with van der Waals surface area (Å²) in [6.45, 7) is -1.11. The molecule has 25 heavy (non-hydrogen) atoms. The van der Waals surface area contributed by atoms with E-state index in [1.165, 1.54) is 30.3 Å². The van der Waals surface area contributed by atoms with Crippen molar-refractivity contribution in [3.63, 3.8) is 0 Å². The molecule has 2 aromatic carbocycles. The first-order chi connectivity index (χ1) is 11.8. The van der Waals surface area contributed by atoms with Crippen molar-refractivity contribution in [2.75, 3.05) is 13.2 Å². The van der Waals surface area contributed by atoms with Gasteiger partial charge in [0.15, 0.2) is 0 Å². The number of amides is 1. The quantitative estimate of drug-likeness (QED) is 0.680. The average Bonchev–Trinajstić information content (AvgIpc) is 2.58. The maximum atomic E-state index is 13.2. The molecule has 0 spiro atoms. The van der Waals surface area contributed by atoms with Crippen LogP contribution >= 0.6 is 0 Å². The normalized spacial score (nSPS) is 12.6. The lowest BCUT2D eigenvalue weighted by molar-refractivity contribution is -0.121. The summed E-state index contributed by atoms with van der Waals surface area (Å²) in [6.07, 6.45) is 0. The van der Waals surface area contributed by atoms with Gasteiger partial charge in [0.25, 0.3) is 0 Å². The van der Waals surface area contributed by atoms with Crippen LogP contribution in [0.15, 0.2) is 53.4 Å². The van der Waals surface area contributed by atoms with E-state index in [0.29, 0.717) is 5.56 Å². The van der Waals surface area contributed by atoms with Crippen LogP contribution in [0.4, 0.5) is 8.78 Å². The largest absolute Gasteiger partial charge is 0.394 e. The summed E-state index contributed by atoms with van der Waals surface area (Å²) in [5.74, 6) is -1.99. The lowest BCUT2D eigenvalue weighted by atomic mass is 10.1. The third-order valence-electron chi connectivity index (χ3n) is 3.30. The summed E-state index contributed by atoms with van der Waals surface area (Å²) >= 11 is 0. The molecule has 2 rings (SSSR count). The fourth-order valence-corrected chi connectivity index (χ4v) is 3.09. The molecular formula is C16H16F2N2O4S. The van der Waals surface area contributed by atoms with Crippen LogP contribution in [0, 0.1) is 11.6 Å². The van der Waals surface area contributed by atoms with Crippen LogP contribution in [0.2, 0.25) is 0 Å². The molecule has 0 aliphatic carbocycles. The monoisotopic (exact) mass is 370 g/mol. The molecule has 0 radical (unpaired) electrons. The molecule has 1 amide bonds. The van der Waals surface area contributed by atoms with E-state index in [1.807, 2.05) is 4.72 Å². The smallest absolute Gasteiger partial charge is 0.241 e. The van der Waals surface area contributed by atoms with Crippen molar-refractivity contribution in [2.45, 2.75) is 10.9 Å². The number of hydrogen-bond donors (Lipinski definition) is 3. The number of nitrogens with one attached hydrogen (secondary N) is 2. The minimum atomic E-state index is -4.07. The van der Waals surface area contributed by atoms with Crippen molar-refractivity contribution in [3.05, 3.63) is 65.7 Å². The molecule has 9 heteroatoms. The Labute approximate surface area is 143 Å². The third kappa shape index (κ3) is 5.31. The molecule has 0 bridgehead atoms. The number of halogens is 2. The average molecular weight is 370 g/mol. The van der Waals surface area contributed by atoms with E-state index >= 15 is 0 Å². The topological polar surface area (TPSA) is 95.5 Å². The van der Waals surface area contributed by atoms with Crippen LogP contribution in [-0.2, 0) is 14.8 Å². The fraction of sp³-hybridized carbons (Fsp3) is 0.188. The molecule has 6 nitrogen and oxygen atoms in total. The minimum Gasteiger partial charge on any atom is -0.394 e. The highest BCUT2D eigenvalue weighted by molar-refractivity contribution is 7.89. The maximum absolute atomic E-state index is 13.2. The van der Waals surface area contributed by atoms with Crippen LogP contribution in [0.3, 0.4) is 0 Å². The third-order valence-corrected chi connectivity index (χ3v) is 4.70. The SMILES string of the molecule is O=C(CNS(=O)(=O)c1cccc(F)c1)NC(CO)c1cccc(F)c1. The standard InChI is InChI=1S/C16H16F2N2O4S/c17-12-4-1-3-11(7-12)15(10-21)20-16(22)9-19-25(23,24)14-6-2-5-13(18)8-14/h1-8,15,19,21H,9-10H2,(H,20,22). The van der Waals surface area contributed by atoms with Gasteiger partial charge in [0.2, 0.25) is 15.9 Å². The van der Waals surface area contributed by atoms with Gasteiger partial charge in [-0.1, -0.05) is 18.2 Å². The van der Waals surface area contributed by atoms with E-state index in [0.717, 1.165) is 18.2 Å². The molecule has 0 fully saturated rings. The second-order valence-electron chi connectivity index (χ2n) is 5.14. The van der Waals surface area contributed by atoms with Crippen LogP contribution in [0.5, 0.6) is 0 Å². The second-order valence-corrected chi connectivity index (χ2v) is 6.91. The Morgan fingerprint density at radius 2 is 1.72 bits per heavy atom. The number of sulfonamides is 1. The predicted molar refractivity (Wildman–Crippen MR) is 86.0 cm³/mol. The summed E-state index contributed by atoms with van der Waals surface area (Å²) in [6, 6.07) is 8.75. The molecule has 1 unspecified atom stereocenters. The predicted octanol–water partition coefficient (Wildman–Crippen LogP) is 1.09. The van der Waals surface area contributed by atoms with E-state index in [4.69, 9.17) is 0 Å². The molecule has 0 aromatic heterocycles. The lowest BCUT2D eigenvalue weighted by Crippen LogP contribution is -2.39. The van der Waals surface area contributed by atoms with Gasteiger partial charge in [0, 0.05) is 0 Å². The van der Waals surface area contributed by atoms with Gasteiger partial charge < -0.3 is 10.4 Å². The molecule has 0 aliphatic rings. The van der Waals surface area contributed by atoms with Gasteiger partial charge in [-0.2, -0.15) is 0 Å². The van der Waals surface area contributed by atoms with Gasteiger partial charge in [-0.15, -0.1) is 0 Å². The van der Waals surface area contributed by atoms with Crippen molar-refractivity contribution in [1.82, 2.24) is 10.0 Å². The van der Waals surface area contributed by atoms with Crippen molar-refractivity contribution < 1.29 is 27.1 Å². The number of carbonyl (C=O) groups excluding carboxylic acids is 1. The van der Waals surface area contributed by atoms with Gasteiger partial charge in [-0.05, 0) is 35.9 Å². The van der Waals surface area contributed by atoms with Gasteiger partial charge in [0.1, 0.15) is 11.6 Å². The van der Waals surface area contributed by atoms with E-state index < -0.39 is 46.8 Å². The van der Waals surface area contributed by atoms with E-state index in [9.17, 15) is 27.1 Å². The van der Waals surface area contributed by atoms with Crippen molar-refractivity contribution in [1.29, 1.82) is 0 Å². The van der Waals surface area contributed by atoms with Gasteiger partial charge in [-0.25, -0.2) is 21.9 Å². The number of hydrogen-bond acceptors (Lipinski definition) is 4. The molecule has 134 valence electrons. The molecule has 0 aliphatic heterocycles. The number of rotatable bonds is 7. The summed E-state index contributed by atoms with van der Waals surface area (Å²) in [7, 11) is -4.07. The van der Waals surface area contributed by atoms with E-state index in [1.54, 1.807) is 0 Å². The highest BCUT2D eigenvalue weighted by atomic mass is 32.2. The van der Waals surface area contributed by atoms with Crippen LogP contribution in [0.1, 0.15) is 11.6 Å². The van der Waals surface area contributed by atoms with Gasteiger partial charge in [0.05, 0.1) is 24.1 Å². The highest BCUT2D eigenvalue weighted by Gasteiger charge is 2.18. The lowest BCUT2D eigenvalue weighted by Gasteiger charge is -2.17. The molecule has 0 saturated carbocycles. The van der Waals surface area contributed by atoms with Crippen molar-refractivity contribution in [2.24, 2.45) is 0 Å². The number of aliphatic hydroxyl groups is 1. The zero-order valence-electron chi connectivity index (χ0n) is 12.9. The molecule has 0 saturated heterocycles. The number of benzene rings is 2. The highest BCUT2D eigenvalue weighted by Crippen LogP contribution is 2.14. The molecular weight excluding hydrogens is 354 g/mol. The fourth-order valence-electron chi connectivity index (χ4n) is 2.08. The number of carbonyl (C=O) groups is 1. The zero-order valence-corrected chi connectivity index (χ0v) is 13.8. The summed E-state index contributed by atoms with van der Waals surface area (Å²) in [5, 5.41) is 11.7. The Balaban J connectivity index is 1.99. The molecule has 2 aromatic rings. The Kier molecular flexibility index (Phi) is 6.18. The Bertz CT molecular complexity index is 859. The Morgan fingerprint density at radius 1 is 1.08 bits per heavy atom. The summed E-state index contributed by atoms with van der Waals surface area (Å²) in [4.78, 5) is 11.6. The van der Waals surface area contributed by atoms with Crippen molar-refractivity contribution >= 4 is 15.9 Å². The van der Waals surface area contributed by atoms with Crippen LogP contribution in [-0.4, -0.2) is 32.6 Å². The number of aliphatic hydroxyl groups excluding tert-OH is 1. The summed E-state index contributed by atoms with van der Waals surface area (Å²) < 4.78 is 52.4. The second kappa shape index (κ2) is 8.15. The van der Waals surface area contributed by atoms with Crippen LogP contribution in [0.25, 0.3) is 0 Å². The first kappa shape index (κ1) is 19.0. The van der Waals surface area contributed by atoms with E-state index in [2.05, 4.69) is 5.32 Å². The maximum Gasteiger partial charge on any atom is 0.241 e. The molecule has 1 atom stereocenters. The van der Waals surface area contributed by atoms with Gasteiger partial charge >= 0.3 is 0 Å². The summed E-state index contributed by atoms with van der Waals surface area (Å²) in [5.41, 5.74) is 0.337.